The van der Waals surface area contributed by atoms with Crippen LogP contribution in [0.25, 0.3) is 11.3 Å². The summed E-state index contributed by atoms with van der Waals surface area (Å²) in [6, 6.07) is 11.2. The monoisotopic (exact) mass is 301 g/mol. The molecule has 0 unspecified atom stereocenters. The highest BCUT2D eigenvalue weighted by Crippen LogP contribution is 2.31. The molecule has 2 heterocycles. The van der Waals surface area contributed by atoms with Gasteiger partial charge in [-0.15, -0.1) is 0 Å². The maximum absolute atomic E-state index is 12.3. The Morgan fingerprint density at radius 3 is 2.52 bits per heavy atom. The second kappa shape index (κ2) is 5.29. The summed E-state index contributed by atoms with van der Waals surface area (Å²) in [4.78, 5) is 27.2. The predicted molar refractivity (Wildman–Crippen MR) is 82.3 cm³/mol. The number of aromatic nitrogens is 1. The molecule has 1 aromatic carbocycles. The number of hydrogen-bond acceptors (Lipinski definition) is 4. The number of carbonyl (C=O) groups excluding carboxylic acids is 2. The minimum Gasteiger partial charge on any atom is -0.312 e. The van der Waals surface area contributed by atoms with E-state index in [1.54, 1.807) is 11.0 Å². The van der Waals surface area contributed by atoms with Crippen LogP contribution in [0.15, 0.2) is 36.4 Å². The number of amides is 3. The molecule has 3 rings (SSSR count). The molecular weight excluding hydrogens is 286 g/mol. The van der Waals surface area contributed by atoms with Gasteiger partial charge in [0.15, 0.2) is 0 Å². The topological polar surface area (TPSA) is 53.5 Å². The molecule has 5 nitrogen and oxygen atoms in total. The van der Waals surface area contributed by atoms with Crippen molar-refractivity contribution in [2.45, 2.75) is 19.9 Å². The Hall–Kier alpha value is -2.21. The zero-order chi connectivity index (χ0) is 15.0. The van der Waals surface area contributed by atoms with Gasteiger partial charge in [0.2, 0.25) is 0 Å². The lowest BCUT2D eigenvalue weighted by Crippen LogP contribution is -2.36. The fourth-order valence-electron chi connectivity index (χ4n) is 2.26. The van der Waals surface area contributed by atoms with Gasteiger partial charge in [0.25, 0.3) is 5.91 Å². The van der Waals surface area contributed by atoms with E-state index in [1.807, 2.05) is 44.2 Å². The first-order chi connectivity index (χ1) is 10.1. The fourth-order valence-corrected chi connectivity index (χ4v) is 3.03. The molecule has 1 aliphatic heterocycles. The summed E-state index contributed by atoms with van der Waals surface area (Å²) in [6.07, 6.45) is 0. The number of imide groups is 1. The molecule has 0 bridgehead atoms. The van der Waals surface area contributed by atoms with Crippen LogP contribution >= 0.6 is 11.5 Å². The van der Waals surface area contributed by atoms with Crippen LogP contribution in [0.2, 0.25) is 0 Å². The smallest absolute Gasteiger partial charge is 0.312 e. The van der Waals surface area contributed by atoms with Crippen molar-refractivity contribution in [2.75, 3.05) is 11.4 Å². The van der Waals surface area contributed by atoms with Crippen molar-refractivity contribution in [1.82, 2.24) is 9.27 Å². The Labute approximate surface area is 127 Å². The molecule has 21 heavy (non-hydrogen) atoms. The summed E-state index contributed by atoms with van der Waals surface area (Å²) in [6.45, 7) is 3.93. The van der Waals surface area contributed by atoms with Crippen LogP contribution in [-0.2, 0) is 4.79 Å². The largest absolute Gasteiger partial charge is 0.332 e. The third kappa shape index (κ3) is 2.42. The second-order valence-electron chi connectivity index (χ2n) is 5.15. The second-order valence-corrected chi connectivity index (χ2v) is 5.93. The summed E-state index contributed by atoms with van der Waals surface area (Å²) < 4.78 is 4.35. The van der Waals surface area contributed by atoms with Gasteiger partial charge in [-0.1, -0.05) is 30.3 Å². The quantitative estimate of drug-likeness (QED) is 0.819. The minimum absolute atomic E-state index is 0.00738. The van der Waals surface area contributed by atoms with Crippen LogP contribution in [0.5, 0.6) is 0 Å². The predicted octanol–water partition coefficient (Wildman–Crippen LogP) is 2.99. The number of hydrogen-bond donors (Lipinski definition) is 0. The van der Waals surface area contributed by atoms with E-state index < -0.39 is 0 Å². The molecule has 0 radical (unpaired) electrons. The highest BCUT2D eigenvalue weighted by Gasteiger charge is 2.39. The van der Waals surface area contributed by atoms with Gasteiger partial charge in [0.1, 0.15) is 11.5 Å². The van der Waals surface area contributed by atoms with E-state index in [2.05, 4.69) is 4.37 Å². The van der Waals surface area contributed by atoms with Gasteiger partial charge in [-0.05, 0) is 25.4 Å². The first-order valence-corrected chi connectivity index (χ1v) is 7.51. The van der Waals surface area contributed by atoms with E-state index in [9.17, 15) is 9.59 Å². The average Bonchev–Trinajstić information content (AvgIpc) is 3.05. The van der Waals surface area contributed by atoms with Crippen molar-refractivity contribution >= 4 is 28.5 Å². The summed E-state index contributed by atoms with van der Waals surface area (Å²) >= 11 is 1.17. The van der Waals surface area contributed by atoms with Gasteiger partial charge in [-0.2, -0.15) is 4.37 Å². The van der Waals surface area contributed by atoms with Gasteiger partial charge in [-0.3, -0.25) is 4.79 Å². The Morgan fingerprint density at radius 2 is 1.90 bits per heavy atom. The van der Waals surface area contributed by atoms with Crippen LogP contribution in [0.1, 0.15) is 13.8 Å². The molecule has 1 fully saturated rings. The number of urea groups is 1. The zero-order valence-corrected chi connectivity index (χ0v) is 12.6. The average molecular weight is 301 g/mol. The summed E-state index contributed by atoms with van der Waals surface area (Å²) in [5, 5.41) is 0.576. The fraction of sp³-hybridized carbons (Fsp3) is 0.267. The summed E-state index contributed by atoms with van der Waals surface area (Å²) in [5.74, 6) is -0.197. The zero-order valence-electron chi connectivity index (χ0n) is 11.8. The van der Waals surface area contributed by atoms with Crippen LogP contribution in [0, 0.1) is 0 Å². The van der Waals surface area contributed by atoms with Crippen LogP contribution in [-0.4, -0.2) is 33.8 Å². The lowest BCUT2D eigenvalue weighted by atomic mass is 10.1. The Morgan fingerprint density at radius 1 is 1.19 bits per heavy atom. The highest BCUT2D eigenvalue weighted by atomic mass is 32.1. The van der Waals surface area contributed by atoms with Gasteiger partial charge in [0, 0.05) is 17.7 Å². The molecule has 0 atom stereocenters. The van der Waals surface area contributed by atoms with Crippen molar-refractivity contribution in [1.29, 1.82) is 0 Å². The maximum atomic E-state index is 12.3. The molecule has 2 aromatic rings. The summed E-state index contributed by atoms with van der Waals surface area (Å²) in [5.41, 5.74) is 1.75. The minimum atomic E-state index is -0.265. The van der Waals surface area contributed by atoms with E-state index in [0.29, 0.717) is 5.00 Å². The van der Waals surface area contributed by atoms with E-state index in [-0.39, 0.29) is 24.5 Å². The molecule has 0 aliphatic carbocycles. The van der Waals surface area contributed by atoms with Crippen LogP contribution in [0.3, 0.4) is 0 Å². The molecule has 0 N–H and O–H groups in total. The highest BCUT2D eigenvalue weighted by molar-refractivity contribution is 7.11. The number of nitrogens with zero attached hydrogens (tertiary/aromatic N) is 3. The summed E-state index contributed by atoms with van der Waals surface area (Å²) in [7, 11) is 0. The molecule has 1 saturated heterocycles. The molecule has 108 valence electrons. The van der Waals surface area contributed by atoms with Crippen LogP contribution < -0.4 is 4.90 Å². The first-order valence-electron chi connectivity index (χ1n) is 6.73. The lowest BCUT2D eigenvalue weighted by molar-refractivity contribution is -0.116. The van der Waals surface area contributed by atoms with Crippen molar-refractivity contribution in [2.24, 2.45) is 0 Å². The van der Waals surface area contributed by atoms with Gasteiger partial charge in [-0.25, -0.2) is 9.69 Å². The molecular formula is C15H15N3O2S. The van der Waals surface area contributed by atoms with Gasteiger partial charge < -0.3 is 4.90 Å². The van der Waals surface area contributed by atoms with E-state index in [0.717, 1.165) is 11.3 Å². The molecule has 1 aromatic heterocycles. The Balaban J connectivity index is 1.90. The standard InChI is InChI=1S/C15H15N3O2S/c1-10(2)17-9-13(19)18(15(17)20)14-8-12(16-21-14)11-6-4-3-5-7-11/h3-8,10H,9H2,1-2H3. The van der Waals surface area contributed by atoms with E-state index in [4.69, 9.17) is 0 Å². The third-order valence-electron chi connectivity index (χ3n) is 3.40. The van der Waals surface area contributed by atoms with Gasteiger partial charge in [0.05, 0.1) is 5.69 Å². The van der Waals surface area contributed by atoms with Crippen molar-refractivity contribution in [3.63, 3.8) is 0 Å². The molecule has 0 saturated carbocycles. The molecule has 3 amide bonds. The molecule has 0 spiro atoms. The lowest BCUT2D eigenvalue weighted by Gasteiger charge is -2.19. The Kier molecular flexibility index (Phi) is 3.47. The maximum Gasteiger partial charge on any atom is 0.332 e. The van der Waals surface area contributed by atoms with E-state index >= 15 is 0 Å². The molecule has 1 aliphatic rings. The van der Waals surface area contributed by atoms with Crippen molar-refractivity contribution in [3.8, 4) is 11.3 Å². The Bertz CT molecular complexity index is 681. The number of anilines is 1. The van der Waals surface area contributed by atoms with Gasteiger partial charge >= 0.3 is 6.03 Å². The third-order valence-corrected chi connectivity index (χ3v) is 4.18. The van der Waals surface area contributed by atoms with E-state index in [1.165, 1.54) is 16.4 Å². The van der Waals surface area contributed by atoms with Crippen molar-refractivity contribution < 1.29 is 9.59 Å². The van der Waals surface area contributed by atoms with Crippen molar-refractivity contribution in [3.05, 3.63) is 36.4 Å². The number of benzene rings is 1. The molecule has 6 heteroatoms. The normalized spacial score (nSPS) is 15.4. The van der Waals surface area contributed by atoms with Crippen LogP contribution in [0.4, 0.5) is 9.80 Å². The number of rotatable bonds is 3. The first kappa shape index (κ1) is 13.8. The number of carbonyl (C=O) groups is 2. The SMILES string of the molecule is CC(C)N1CC(=O)N(c2cc(-c3ccccc3)ns2)C1=O.